The van der Waals surface area contributed by atoms with E-state index in [4.69, 9.17) is 5.73 Å². The molecule has 3 N–H and O–H groups in total. The zero-order chi connectivity index (χ0) is 12.1. The topological polar surface area (TPSA) is 72.2 Å². The highest BCUT2D eigenvalue weighted by Gasteiger charge is 2.07. The third-order valence-corrected chi connectivity index (χ3v) is 1.91. The number of amides is 2. The molecule has 0 aliphatic carbocycles. The highest BCUT2D eigenvalue weighted by atomic mass is 19.2. The lowest BCUT2D eigenvalue weighted by Crippen LogP contribution is -2.37. The van der Waals surface area contributed by atoms with E-state index >= 15 is 0 Å². The molecule has 0 radical (unpaired) electrons. The molecule has 86 valence electrons. The molecule has 0 unspecified atom stereocenters. The lowest BCUT2D eigenvalue weighted by Gasteiger charge is -2.03. The summed E-state index contributed by atoms with van der Waals surface area (Å²) in [5, 5.41) is 2.23. The summed E-state index contributed by atoms with van der Waals surface area (Å²) in [6.07, 6.45) is 0.288. The maximum absolute atomic E-state index is 12.8. The first kappa shape index (κ1) is 12.1. The zero-order valence-electron chi connectivity index (χ0n) is 8.30. The molecule has 0 bridgehead atoms. The van der Waals surface area contributed by atoms with Gasteiger partial charge in [0.05, 0.1) is 0 Å². The molecule has 0 fully saturated rings. The van der Waals surface area contributed by atoms with Gasteiger partial charge in [0.25, 0.3) is 0 Å². The van der Waals surface area contributed by atoms with E-state index in [0.717, 1.165) is 12.1 Å². The minimum Gasteiger partial charge on any atom is -0.361 e. The van der Waals surface area contributed by atoms with Crippen molar-refractivity contribution in [3.8, 4) is 0 Å². The SMILES string of the molecule is NC(=O)C(=O)NCCc1ccc(F)c(F)c1. The monoisotopic (exact) mass is 228 g/mol. The molecule has 1 rings (SSSR count). The third kappa shape index (κ3) is 3.30. The van der Waals surface area contributed by atoms with Gasteiger partial charge in [-0.2, -0.15) is 0 Å². The van der Waals surface area contributed by atoms with Gasteiger partial charge in [-0.15, -0.1) is 0 Å². The second-order valence-corrected chi connectivity index (χ2v) is 3.12. The molecule has 0 aliphatic rings. The fourth-order valence-electron chi connectivity index (χ4n) is 1.10. The Morgan fingerprint density at radius 2 is 1.94 bits per heavy atom. The third-order valence-electron chi connectivity index (χ3n) is 1.91. The highest BCUT2D eigenvalue weighted by molar-refractivity contribution is 6.34. The van der Waals surface area contributed by atoms with Gasteiger partial charge >= 0.3 is 11.8 Å². The molecular formula is C10H10F2N2O2. The second-order valence-electron chi connectivity index (χ2n) is 3.12. The molecule has 2 amide bonds. The van der Waals surface area contributed by atoms with Crippen LogP contribution in [0.2, 0.25) is 0 Å². The number of carbonyl (C=O) groups is 2. The largest absolute Gasteiger partial charge is 0.361 e. The molecule has 0 aliphatic heterocycles. The first-order chi connectivity index (χ1) is 7.50. The Morgan fingerprint density at radius 1 is 1.25 bits per heavy atom. The molecule has 16 heavy (non-hydrogen) atoms. The highest BCUT2D eigenvalue weighted by Crippen LogP contribution is 2.08. The van der Waals surface area contributed by atoms with Crippen LogP contribution in [0.15, 0.2) is 18.2 Å². The molecule has 0 heterocycles. The van der Waals surface area contributed by atoms with Crippen molar-refractivity contribution in [2.24, 2.45) is 5.73 Å². The number of nitrogens with one attached hydrogen (secondary N) is 1. The van der Waals surface area contributed by atoms with Crippen LogP contribution in [0.3, 0.4) is 0 Å². The molecular weight excluding hydrogens is 218 g/mol. The lowest BCUT2D eigenvalue weighted by molar-refractivity contribution is -0.137. The van der Waals surface area contributed by atoms with Crippen molar-refractivity contribution in [3.63, 3.8) is 0 Å². The number of nitrogens with two attached hydrogens (primary N) is 1. The fourth-order valence-corrected chi connectivity index (χ4v) is 1.10. The molecule has 0 atom stereocenters. The Kier molecular flexibility index (Phi) is 3.93. The summed E-state index contributed by atoms with van der Waals surface area (Å²) in [6, 6.07) is 3.43. The van der Waals surface area contributed by atoms with Crippen LogP contribution in [0.4, 0.5) is 8.78 Å². The Morgan fingerprint density at radius 3 is 2.50 bits per heavy atom. The van der Waals surface area contributed by atoms with Crippen molar-refractivity contribution < 1.29 is 18.4 Å². The summed E-state index contributed by atoms with van der Waals surface area (Å²) < 4.78 is 25.3. The summed E-state index contributed by atoms with van der Waals surface area (Å²) in [5.74, 6) is -3.85. The van der Waals surface area contributed by atoms with Crippen molar-refractivity contribution in [3.05, 3.63) is 35.4 Å². The van der Waals surface area contributed by atoms with Crippen molar-refractivity contribution >= 4 is 11.8 Å². The zero-order valence-corrected chi connectivity index (χ0v) is 8.30. The van der Waals surface area contributed by atoms with Crippen LogP contribution in [0, 0.1) is 11.6 Å². The van der Waals surface area contributed by atoms with Gasteiger partial charge < -0.3 is 11.1 Å². The second kappa shape index (κ2) is 5.20. The van der Waals surface area contributed by atoms with Gasteiger partial charge in [-0.25, -0.2) is 8.78 Å². The summed E-state index contributed by atoms with van der Waals surface area (Å²) in [4.78, 5) is 21.1. The van der Waals surface area contributed by atoms with Gasteiger partial charge in [-0.1, -0.05) is 6.07 Å². The summed E-state index contributed by atoms with van der Waals surface area (Å²) in [5.41, 5.74) is 5.22. The van der Waals surface area contributed by atoms with E-state index in [1.807, 2.05) is 0 Å². The van der Waals surface area contributed by atoms with Gasteiger partial charge in [-0.05, 0) is 24.1 Å². The molecule has 1 aromatic carbocycles. The lowest BCUT2D eigenvalue weighted by atomic mass is 10.1. The molecule has 0 spiro atoms. The predicted molar refractivity (Wildman–Crippen MR) is 52.3 cm³/mol. The van der Waals surface area contributed by atoms with Gasteiger partial charge in [0, 0.05) is 6.54 Å². The Labute approximate surface area is 90.4 Å². The Hall–Kier alpha value is -1.98. The molecule has 6 heteroatoms. The standard InChI is InChI=1S/C10H10F2N2O2/c11-7-2-1-6(5-8(7)12)3-4-14-10(16)9(13)15/h1-2,5H,3-4H2,(H2,13,15)(H,14,16). The number of primary amides is 1. The predicted octanol–water partition coefficient (Wildman–Crippen LogP) is 0.109. The van der Waals surface area contributed by atoms with Crippen molar-refractivity contribution in [2.45, 2.75) is 6.42 Å². The van der Waals surface area contributed by atoms with Crippen LogP contribution in [0.25, 0.3) is 0 Å². The quantitative estimate of drug-likeness (QED) is 0.720. The van der Waals surface area contributed by atoms with Crippen LogP contribution in [0.1, 0.15) is 5.56 Å². The van der Waals surface area contributed by atoms with E-state index in [1.165, 1.54) is 6.07 Å². The first-order valence-corrected chi connectivity index (χ1v) is 4.52. The van der Waals surface area contributed by atoms with Crippen molar-refractivity contribution in [1.82, 2.24) is 5.32 Å². The van der Waals surface area contributed by atoms with Crippen molar-refractivity contribution in [1.29, 1.82) is 0 Å². The average Bonchev–Trinajstić information content (AvgIpc) is 2.23. The van der Waals surface area contributed by atoms with E-state index in [9.17, 15) is 18.4 Å². The number of rotatable bonds is 3. The Bertz CT molecular complexity index is 421. The maximum atomic E-state index is 12.8. The average molecular weight is 228 g/mol. The van der Waals surface area contributed by atoms with Gasteiger partial charge in [0.15, 0.2) is 11.6 Å². The van der Waals surface area contributed by atoms with Gasteiger partial charge in [0.2, 0.25) is 0 Å². The number of hydrogen-bond donors (Lipinski definition) is 2. The van der Waals surface area contributed by atoms with E-state index in [2.05, 4.69) is 5.32 Å². The van der Waals surface area contributed by atoms with Crippen molar-refractivity contribution in [2.75, 3.05) is 6.54 Å². The minimum atomic E-state index is -1.08. The van der Waals surface area contributed by atoms with E-state index in [-0.39, 0.29) is 13.0 Å². The van der Waals surface area contributed by atoms with Crippen LogP contribution in [-0.4, -0.2) is 18.4 Å². The van der Waals surface area contributed by atoms with E-state index in [1.54, 1.807) is 0 Å². The molecule has 0 aromatic heterocycles. The molecule has 4 nitrogen and oxygen atoms in total. The number of carbonyl (C=O) groups excluding carboxylic acids is 2. The smallest absolute Gasteiger partial charge is 0.309 e. The first-order valence-electron chi connectivity index (χ1n) is 4.52. The summed E-state index contributed by atoms with van der Waals surface area (Å²) in [7, 11) is 0. The van der Waals surface area contributed by atoms with Crippen LogP contribution < -0.4 is 11.1 Å². The number of hydrogen-bond acceptors (Lipinski definition) is 2. The summed E-state index contributed by atoms with van der Waals surface area (Å²) >= 11 is 0. The van der Waals surface area contributed by atoms with Crippen LogP contribution in [0.5, 0.6) is 0 Å². The van der Waals surface area contributed by atoms with Crippen LogP contribution >= 0.6 is 0 Å². The Balaban J connectivity index is 2.46. The van der Waals surface area contributed by atoms with Gasteiger partial charge in [0.1, 0.15) is 0 Å². The van der Waals surface area contributed by atoms with E-state index < -0.39 is 23.4 Å². The van der Waals surface area contributed by atoms with E-state index in [0.29, 0.717) is 5.56 Å². The maximum Gasteiger partial charge on any atom is 0.309 e. The number of halogens is 2. The fraction of sp³-hybridized carbons (Fsp3) is 0.200. The molecule has 0 saturated heterocycles. The minimum absolute atomic E-state index is 0.132. The number of benzene rings is 1. The molecule has 0 saturated carbocycles. The summed E-state index contributed by atoms with van der Waals surface area (Å²) in [6.45, 7) is 0.132. The van der Waals surface area contributed by atoms with Crippen LogP contribution in [-0.2, 0) is 16.0 Å². The molecule has 1 aromatic rings. The van der Waals surface area contributed by atoms with Gasteiger partial charge in [-0.3, -0.25) is 9.59 Å². The normalized spacial score (nSPS) is 9.88.